The van der Waals surface area contributed by atoms with Crippen LogP contribution >= 0.6 is 0 Å². The SMILES string of the molecule is O=C(NCCCCc1ccccc1)Nc1ccccc1F. The molecular formula is C17H19FN2O. The van der Waals surface area contributed by atoms with Gasteiger partial charge in [0.25, 0.3) is 0 Å². The highest BCUT2D eigenvalue weighted by molar-refractivity contribution is 5.89. The van der Waals surface area contributed by atoms with Crippen molar-refractivity contribution in [1.82, 2.24) is 5.32 Å². The number of carbonyl (C=O) groups excluding carboxylic acids is 1. The number of benzene rings is 2. The van der Waals surface area contributed by atoms with E-state index in [1.807, 2.05) is 18.2 Å². The van der Waals surface area contributed by atoms with Gasteiger partial charge in [-0.2, -0.15) is 0 Å². The second-order valence-corrected chi connectivity index (χ2v) is 4.80. The molecule has 0 saturated carbocycles. The first-order valence-corrected chi connectivity index (χ1v) is 7.09. The third-order valence-corrected chi connectivity index (χ3v) is 3.14. The fourth-order valence-electron chi connectivity index (χ4n) is 2.03. The van der Waals surface area contributed by atoms with Gasteiger partial charge in [0.2, 0.25) is 0 Å². The van der Waals surface area contributed by atoms with E-state index in [9.17, 15) is 9.18 Å². The lowest BCUT2D eigenvalue weighted by Crippen LogP contribution is -2.29. The highest BCUT2D eigenvalue weighted by Gasteiger charge is 2.04. The zero-order chi connectivity index (χ0) is 14.9. The van der Waals surface area contributed by atoms with Crippen LogP contribution in [0.25, 0.3) is 0 Å². The third-order valence-electron chi connectivity index (χ3n) is 3.14. The molecule has 0 aliphatic heterocycles. The Hall–Kier alpha value is -2.36. The summed E-state index contributed by atoms with van der Waals surface area (Å²) >= 11 is 0. The minimum Gasteiger partial charge on any atom is -0.338 e. The molecule has 2 rings (SSSR count). The minimum absolute atomic E-state index is 0.194. The van der Waals surface area contributed by atoms with Gasteiger partial charge in [0.1, 0.15) is 5.82 Å². The number of hydrogen-bond acceptors (Lipinski definition) is 1. The van der Waals surface area contributed by atoms with E-state index >= 15 is 0 Å². The van der Waals surface area contributed by atoms with Crippen LogP contribution in [0.4, 0.5) is 14.9 Å². The maximum atomic E-state index is 13.3. The summed E-state index contributed by atoms with van der Waals surface area (Å²) in [6.45, 7) is 0.577. The van der Waals surface area contributed by atoms with Crippen LogP contribution in [0.2, 0.25) is 0 Å². The van der Waals surface area contributed by atoms with Crippen LogP contribution in [-0.2, 0) is 6.42 Å². The monoisotopic (exact) mass is 286 g/mol. The van der Waals surface area contributed by atoms with Gasteiger partial charge in [-0.3, -0.25) is 0 Å². The number of para-hydroxylation sites is 1. The lowest BCUT2D eigenvalue weighted by molar-refractivity contribution is 0.252. The van der Waals surface area contributed by atoms with Gasteiger partial charge in [0.15, 0.2) is 0 Å². The largest absolute Gasteiger partial charge is 0.338 e. The number of amides is 2. The second-order valence-electron chi connectivity index (χ2n) is 4.80. The minimum atomic E-state index is -0.434. The van der Waals surface area contributed by atoms with Crippen molar-refractivity contribution in [1.29, 1.82) is 0 Å². The smallest absolute Gasteiger partial charge is 0.319 e. The predicted molar refractivity (Wildman–Crippen MR) is 82.8 cm³/mol. The molecule has 0 unspecified atom stereocenters. The average molecular weight is 286 g/mol. The summed E-state index contributed by atoms with van der Waals surface area (Å²) in [7, 11) is 0. The van der Waals surface area contributed by atoms with E-state index in [2.05, 4.69) is 22.8 Å². The molecule has 0 atom stereocenters. The zero-order valence-electron chi connectivity index (χ0n) is 11.8. The molecule has 0 aromatic heterocycles. The van der Waals surface area contributed by atoms with Crippen LogP contribution in [0.5, 0.6) is 0 Å². The maximum Gasteiger partial charge on any atom is 0.319 e. The van der Waals surface area contributed by atoms with Crippen LogP contribution in [0.3, 0.4) is 0 Å². The summed E-state index contributed by atoms with van der Waals surface area (Å²) in [5, 5.41) is 5.22. The first-order chi connectivity index (χ1) is 10.3. The van der Waals surface area contributed by atoms with E-state index in [1.165, 1.54) is 17.7 Å². The number of anilines is 1. The number of halogens is 1. The Balaban J connectivity index is 1.63. The molecule has 0 aliphatic rings. The molecular weight excluding hydrogens is 267 g/mol. The van der Waals surface area contributed by atoms with Gasteiger partial charge in [0, 0.05) is 6.54 Å². The van der Waals surface area contributed by atoms with Crippen molar-refractivity contribution in [3.63, 3.8) is 0 Å². The van der Waals surface area contributed by atoms with Crippen LogP contribution in [0.15, 0.2) is 54.6 Å². The Kier molecular flexibility index (Phi) is 5.76. The van der Waals surface area contributed by atoms with Crippen LogP contribution in [0, 0.1) is 5.82 Å². The van der Waals surface area contributed by atoms with E-state index < -0.39 is 5.82 Å². The molecule has 21 heavy (non-hydrogen) atoms. The Morgan fingerprint density at radius 2 is 1.67 bits per heavy atom. The quantitative estimate of drug-likeness (QED) is 0.775. The van der Waals surface area contributed by atoms with Gasteiger partial charge in [-0.25, -0.2) is 9.18 Å². The molecule has 0 spiro atoms. The number of hydrogen-bond donors (Lipinski definition) is 2. The number of unbranched alkanes of at least 4 members (excludes halogenated alkanes) is 1. The van der Waals surface area contributed by atoms with E-state index in [0.29, 0.717) is 6.54 Å². The van der Waals surface area contributed by atoms with Crippen molar-refractivity contribution in [2.24, 2.45) is 0 Å². The number of rotatable bonds is 6. The molecule has 2 aromatic rings. The summed E-state index contributed by atoms with van der Waals surface area (Å²) in [5.41, 5.74) is 1.49. The van der Waals surface area contributed by atoms with E-state index in [4.69, 9.17) is 0 Å². The molecule has 0 radical (unpaired) electrons. The number of carbonyl (C=O) groups is 1. The summed E-state index contributed by atoms with van der Waals surface area (Å²) < 4.78 is 13.3. The van der Waals surface area contributed by atoms with Crippen molar-refractivity contribution in [3.05, 3.63) is 66.0 Å². The first kappa shape index (κ1) is 15.0. The zero-order valence-corrected chi connectivity index (χ0v) is 11.8. The fourth-order valence-corrected chi connectivity index (χ4v) is 2.03. The van der Waals surface area contributed by atoms with Crippen LogP contribution in [0.1, 0.15) is 18.4 Å². The molecule has 3 nitrogen and oxygen atoms in total. The maximum absolute atomic E-state index is 13.3. The predicted octanol–water partition coefficient (Wildman–Crippen LogP) is 3.97. The Bertz CT molecular complexity index is 572. The molecule has 0 heterocycles. The first-order valence-electron chi connectivity index (χ1n) is 7.09. The Morgan fingerprint density at radius 3 is 2.43 bits per heavy atom. The summed E-state index contributed by atoms with van der Waals surface area (Å²) in [6, 6.07) is 16.0. The van der Waals surface area contributed by atoms with E-state index in [0.717, 1.165) is 19.3 Å². The average Bonchev–Trinajstić information content (AvgIpc) is 2.50. The van der Waals surface area contributed by atoms with Gasteiger partial charge in [-0.05, 0) is 37.0 Å². The highest BCUT2D eigenvalue weighted by Crippen LogP contribution is 2.11. The third kappa shape index (κ3) is 5.26. The molecule has 4 heteroatoms. The highest BCUT2D eigenvalue weighted by atomic mass is 19.1. The van der Waals surface area contributed by atoms with Crippen LogP contribution in [-0.4, -0.2) is 12.6 Å². The lowest BCUT2D eigenvalue weighted by atomic mass is 10.1. The molecule has 0 aliphatic carbocycles. The topological polar surface area (TPSA) is 41.1 Å². The number of nitrogens with one attached hydrogen (secondary N) is 2. The summed E-state index contributed by atoms with van der Waals surface area (Å²) in [5.74, 6) is -0.434. The number of aryl methyl sites for hydroxylation is 1. The lowest BCUT2D eigenvalue weighted by Gasteiger charge is -2.08. The molecule has 2 N–H and O–H groups in total. The summed E-state index contributed by atoms with van der Waals surface area (Å²) in [6.07, 6.45) is 2.89. The normalized spacial score (nSPS) is 10.1. The van der Waals surface area contributed by atoms with Gasteiger partial charge in [-0.1, -0.05) is 42.5 Å². The van der Waals surface area contributed by atoms with E-state index in [1.54, 1.807) is 12.1 Å². The molecule has 0 bridgehead atoms. The second kappa shape index (κ2) is 8.04. The van der Waals surface area contributed by atoms with E-state index in [-0.39, 0.29) is 11.7 Å². The Labute approximate surface area is 124 Å². The van der Waals surface area contributed by atoms with Gasteiger partial charge >= 0.3 is 6.03 Å². The number of urea groups is 1. The van der Waals surface area contributed by atoms with Crippen molar-refractivity contribution in [3.8, 4) is 0 Å². The molecule has 0 saturated heterocycles. The Morgan fingerprint density at radius 1 is 0.952 bits per heavy atom. The van der Waals surface area contributed by atoms with Gasteiger partial charge in [0.05, 0.1) is 5.69 Å². The van der Waals surface area contributed by atoms with Gasteiger partial charge in [-0.15, -0.1) is 0 Å². The van der Waals surface area contributed by atoms with Crippen molar-refractivity contribution in [2.75, 3.05) is 11.9 Å². The molecule has 2 aromatic carbocycles. The molecule has 110 valence electrons. The van der Waals surface area contributed by atoms with Crippen molar-refractivity contribution < 1.29 is 9.18 Å². The summed E-state index contributed by atoms with van der Waals surface area (Å²) in [4.78, 5) is 11.6. The fraction of sp³-hybridized carbons (Fsp3) is 0.235. The molecule has 2 amide bonds. The van der Waals surface area contributed by atoms with Crippen molar-refractivity contribution >= 4 is 11.7 Å². The standard InChI is InChI=1S/C17H19FN2O/c18-15-11-4-5-12-16(15)20-17(21)19-13-7-6-10-14-8-2-1-3-9-14/h1-5,8-9,11-12H,6-7,10,13H2,(H2,19,20,21). The molecule has 0 fully saturated rings. The van der Waals surface area contributed by atoms with Gasteiger partial charge < -0.3 is 10.6 Å². The van der Waals surface area contributed by atoms with Crippen LogP contribution < -0.4 is 10.6 Å². The van der Waals surface area contributed by atoms with Crippen molar-refractivity contribution in [2.45, 2.75) is 19.3 Å².